The first-order valence-electron chi connectivity index (χ1n) is 3.31. The first kappa shape index (κ1) is 17.2. The van der Waals surface area contributed by atoms with E-state index < -0.39 is 0 Å². The third kappa shape index (κ3) is 13.1. The second-order valence-electron chi connectivity index (χ2n) is 1.74. The Labute approximate surface area is 79.7 Å². The molecule has 0 aromatic heterocycles. The van der Waals surface area contributed by atoms with E-state index >= 15 is 0 Å². The minimum absolute atomic E-state index is 0. The molecule has 0 aromatic rings. The van der Waals surface area contributed by atoms with Gasteiger partial charge < -0.3 is 29.6 Å². The van der Waals surface area contributed by atoms with Crippen LogP contribution in [0.5, 0.6) is 0 Å². The summed E-state index contributed by atoms with van der Waals surface area (Å²) in [7, 11) is 0. The molecule has 0 aliphatic carbocycles. The van der Waals surface area contributed by atoms with Crippen LogP contribution >= 0.6 is 0 Å². The van der Waals surface area contributed by atoms with E-state index in [0.29, 0.717) is 6.61 Å². The highest BCUT2D eigenvalue weighted by molar-refractivity contribution is 5.55. The number of nitrogens with two attached hydrogens (primary N) is 1. The number of rotatable bonds is 3. The maximum atomic E-state index is 10.5. The average Bonchev–Trinajstić information content (AvgIpc) is 1.85. The van der Waals surface area contributed by atoms with Gasteiger partial charge in [0.1, 0.15) is 0 Å². The number of ether oxygens (including phenoxy) is 1. The lowest BCUT2D eigenvalue weighted by Crippen LogP contribution is -3.00. The van der Waals surface area contributed by atoms with Crippen molar-refractivity contribution in [3.8, 4) is 0 Å². The Kier molecular flexibility index (Phi) is 19.8. The number of amides is 1. The van der Waals surface area contributed by atoms with Crippen LogP contribution in [0, 0.1) is 0 Å². The summed E-state index contributed by atoms with van der Waals surface area (Å²) < 4.78 is 4.65. The molecule has 0 aliphatic heterocycles. The first-order valence-corrected chi connectivity index (χ1v) is 3.31. The third-order valence-corrected chi connectivity index (χ3v) is 0.886. The van der Waals surface area contributed by atoms with Crippen molar-refractivity contribution in [2.45, 2.75) is 20.3 Å². The highest BCUT2D eigenvalue weighted by Gasteiger charge is 2.01. The van der Waals surface area contributed by atoms with E-state index in [1.54, 1.807) is 12.2 Å². The summed E-state index contributed by atoms with van der Waals surface area (Å²) in [6.45, 7) is 5.12. The molecule has 0 heterocycles. The van der Waals surface area contributed by atoms with Gasteiger partial charge in [-0.05, 0) is 13.3 Å². The van der Waals surface area contributed by atoms with Gasteiger partial charge in [0.2, 0.25) is 0 Å². The Morgan fingerprint density at radius 2 is 1.91 bits per heavy atom. The topological polar surface area (TPSA) is 42.9 Å². The van der Waals surface area contributed by atoms with Gasteiger partial charge in [-0.15, -0.1) is 0 Å². The number of primary amides is 1. The molecule has 0 atom stereocenters. The zero-order valence-corrected chi connectivity index (χ0v) is 8.28. The standard InChI is InChI=1S/C6H13NO2.2ClH/c1-3-5-7-6(8)9-4-2;;/h3-5H2,1-2H3,(H,7,8);2*1H/p-1. The predicted octanol–water partition coefficient (Wildman–Crippen LogP) is -5.88. The Hall–Kier alpha value is 0.01000. The molecule has 0 fully saturated rings. The van der Waals surface area contributed by atoms with Gasteiger partial charge >= 0.3 is 6.09 Å². The van der Waals surface area contributed by atoms with Crippen LogP contribution in [0.2, 0.25) is 0 Å². The predicted molar refractivity (Wildman–Crippen MR) is 34.1 cm³/mol. The van der Waals surface area contributed by atoms with Crippen molar-refractivity contribution in [3.63, 3.8) is 0 Å². The smallest absolute Gasteiger partial charge is 0.512 e. The fourth-order valence-corrected chi connectivity index (χ4v) is 0.463. The number of hydrogen-bond acceptors (Lipinski definition) is 2. The fraction of sp³-hybridized carbons (Fsp3) is 0.833. The quantitative estimate of drug-likeness (QED) is 0.496. The molecule has 0 spiro atoms. The molecule has 0 rings (SSSR count). The molecule has 0 saturated heterocycles. The van der Waals surface area contributed by atoms with Gasteiger partial charge in [-0.25, -0.2) is 5.32 Å². The molecular formula is C6H14Cl2NO2-. The number of hydrogen-bond donors (Lipinski definition) is 1. The van der Waals surface area contributed by atoms with E-state index in [4.69, 9.17) is 0 Å². The van der Waals surface area contributed by atoms with Crippen molar-refractivity contribution < 1.29 is 39.7 Å². The number of carbonyl (C=O) groups is 1. The molecule has 0 aliphatic rings. The lowest BCUT2D eigenvalue weighted by molar-refractivity contribution is -0.570. The van der Waals surface area contributed by atoms with Crippen molar-refractivity contribution in [2.24, 2.45) is 0 Å². The molecule has 70 valence electrons. The average molecular weight is 203 g/mol. The normalized spacial score (nSPS) is 7.45. The van der Waals surface area contributed by atoms with Gasteiger partial charge in [0.25, 0.3) is 0 Å². The van der Waals surface area contributed by atoms with Crippen LogP contribution in [0.15, 0.2) is 0 Å². The Balaban J connectivity index is -0.000000320. The number of halogens is 2. The van der Waals surface area contributed by atoms with Crippen LogP contribution < -0.4 is 30.1 Å². The molecule has 0 unspecified atom stereocenters. The van der Waals surface area contributed by atoms with E-state index in [1.165, 1.54) is 0 Å². The second kappa shape index (κ2) is 12.7. The summed E-state index contributed by atoms with van der Waals surface area (Å²) in [5, 5.41) is 1.57. The van der Waals surface area contributed by atoms with Crippen LogP contribution in [0.3, 0.4) is 0 Å². The van der Waals surface area contributed by atoms with Gasteiger partial charge in [0.15, 0.2) is 0 Å². The third-order valence-electron chi connectivity index (χ3n) is 0.886. The summed E-state index contributed by atoms with van der Waals surface area (Å²) in [6, 6.07) is 0. The van der Waals surface area contributed by atoms with E-state index in [9.17, 15) is 4.79 Å². The van der Waals surface area contributed by atoms with Crippen molar-refractivity contribution in [2.75, 3.05) is 13.2 Å². The lowest BCUT2D eigenvalue weighted by Gasteiger charge is -1.95. The van der Waals surface area contributed by atoms with Crippen molar-refractivity contribution >= 4 is 6.09 Å². The van der Waals surface area contributed by atoms with Gasteiger partial charge in [0, 0.05) is 0 Å². The summed E-state index contributed by atoms with van der Waals surface area (Å²) in [4.78, 5) is 10.5. The molecule has 5 heteroatoms. The van der Waals surface area contributed by atoms with Gasteiger partial charge in [0.05, 0.1) is 13.2 Å². The molecule has 2 N–H and O–H groups in total. The first-order chi connectivity index (χ1) is 4.31. The summed E-state index contributed by atoms with van der Waals surface area (Å²) in [5.74, 6) is 0. The van der Waals surface area contributed by atoms with E-state index in [1.807, 2.05) is 6.92 Å². The van der Waals surface area contributed by atoms with Crippen LogP contribution in [-0.4, -0.2) is 19.2 Å². The number of quaternary nitrogens is 1. The van der Waals surface area contributed by atoms with Gasteiger partial charge in [-0.2, -0.15) is 4.79 Å². The van der Waals surface area contributed by atoms with Crippen LogP contribution in [-0.2, 0) is 4.74 Å². The Morgan fingerprint density at radius 3 is 2.27 bits per heavy atom. The fourth-order valence-electron chi connectivity index (χ4n) is 0.463. The zero-order valence-electron chi connectivity index (χ0n) is 6.77. The summed E-state index contributed by atoms with van der Waals surface area (Å²) in [6.07, 6.45) is 0.804. The molecule has 0 saturated carbocycles. The maximum Gasteiger partial charge on any atom is 0.512 e. The van der Waals surface area contributed by atoms with Crippen LogP contribution in [0.1, 0.15) is 20.3 Å². The highest BCUT2D eigenvalue weighted by Crippen LogP contribution is 1.68. The molecule has 11 heavy (non-hydrogen) atoms. The monoisotopic (exact) mass is 202 g/mol. The van der Waals surface area contributed by atoms with E-state index in [2.05, 4.69) is 4.74 Å². The Morgan fingerprint density at radius 1 is 1.36 bits per heavy atom. The van der Waals surface area contributed by atoms with Crippen molar-refractivity contribution in [3.05, 3.63) is 0 Å². The van der Waals surface area contributed by atoms with Crippen LogP contribution in [0.4, 0.5) is 4.79 Å². The molecule has 3 nitrogen and oxygen atoms in total. The zero-order chi connectivity index (χ0) is 7.11. The molecule has 0 radical (unpaired) electrons. The largest absolute Gasteiger partial charge is 1.00 e. The van der Waals surface area contributed by atoms with Crippen LogP contribution in [0.25, 0.3) is 0 Å². The highest BCUT2D eigenvalue weighted by atomic mass is 35.5. The minimum Gasteiger partial charge on any atom is -1.00 e. The van der Waals surface area contributed by atoms with E-state index in [-0.39, 0.29) is 30.9 Å². The Bertz CT molecular complexity index is 90.7. The molecule has 0 aromatic carbocycles. The minimum atomic E-state index is -0.195. The van der Waals surface area contributed by atoms with Gasteiger partial charge in [-0.3, -0.25) is 0 Å². The summed E-state index contributed by atoms with van der Waals surface area (Å²) in [5.41, 5.74) is 0. The summed E-state index contributed by atoms with van der Waals surface area (Å²) >= 11 is 0. The lowest BCUT2D eigenvalue weighted by atomic mass is 10.5. The van der Waals surface area contributed by atoms with E-state index in [0.717, 1.165) is 13.0 Å². The molecule has 1 amide bonds. The number of carbonyl (C=O) groups excluding carboxylic acids is 1. The SMILES string of the molecule is CCC[NH2+]C(=O)OCC.[Cl-].[Cl-]. The molecular weight excluding hydrogens is 189 g/mol. The van der Waals surface area contributed by atoms with Crippen molar-refractivity contribution in [1.29, 1.82) is 0 Å². The van der Waals surface area contributed by atoms with Gasteiger partial charge in [-0.1, -0.05) is 6.92 Å². The molecule has 0 bridgehead atoms. The maximum absolute atomic E-state index is 10.5. The van der Waals surface area contributed by atoms with Crippen molar-refractivity contribution in [1.82, 2.24) is 0 Å². The second-order valence-corrected chi connectivity index (χ2v) is 1.74.